The second-order valence-corrected chi connectivity index (χ2v) is 8.75. The molecule has 3 heterocycles. The Labute approximate surface area is 142 Å². The molecule has 1 aromatic heterocycles. The van der Waals surface area contributed by atoms with Gasteiger partial charge in [-0.15, -0.1) is 0 Å². The summed E-state index contributed by atoms with van der Waals surface area (Å²) in [5.74, 6) is 0.138. The standard InChI is InChI=1S/C15H25N5O3S/c1-4-6-20-11(3)14(10(2)18-20)17-15(21)19-7-5-16-12-8-24(22,23)9-13(12)19/h12-13,16H,4-9H2,1-3H3,(H,17,21)/t12-,13+/m0/s1. The number of anilines is 1. The van der Waals surface area contributed by atoms with Crippen LogP contribution in [-0.2, 0) is 16.4 Å². The van der Waals surface area contributed by atoms with Crippen LogP contribution in [0.2, 0.25) is 0 Å². The summed E-state index contributed by atoms with van der Waals surface area (Å²) in [6.07, 6.45) is 0.967. The summed E-state index contributed by atoms with van der Waals surface area (Å²) in [5.41, 5.74) is 2.43. The van der Waals surface area contributed by atoms with E-state index in [0.29, 0.717) is 13.1 Å². The molecule has 0 aromatic carbocycles. The first-order valence-electron chi connectivity index (χ1n) is 8.38. The van der Waals surface area contributed by atoms with Crippen LogP contribution in [0.5, 0.6) is 0 Å². The van der Waals surface area contributed by atoms with Gasteiger partial charge in [0.25, 0.3) is 0 Å². The van der Waals surface area contributed by atoms with Crippen LogP contribution < -0.4 is 10.6 Å². The van der Waals surface area contributed by atoms with E-state index in [0.717, 1.165) is 30.0 Å². The predicted molar refractivity (Wildman–Crippen MR) is 91.9 cm³/mol. The van der Waals surface area contributed by atoms with Crippen molar-refractivity contribution in [2.24, 2.45) is 0 Å². The Bertz CT molecular complexity index is 743. The Morgan fingerprint density at radius 1 is 1.38 bits per heavy atom. The summed E-state index contributed by atoms with van der Waals surface area (Å²) < 4.78 is 25.7. The number of piperazine rings is 1. The fourth-order valence-corrected chi connectivity index (χ4v) is 5.56. The van der Waals surface area contributed by atoms with Crippen molar-refractivity contribution in [3.63, 3.8) is 0 Å². The molecule has 0 saturated carbocycles. The van der Waals surface area contributed by atoms with Gasteiger partial charge in [-0.25, -0.2) is 13.2 Å². The number of carbonyl (C=O) groups is 1. The lowest BCUT2D eigenvalue weighted by Gasteiger charge is -2.37. The van der Waals surface area contributed by atoms with Gasteiger partial charge in [0.05, 0.1) is 34.6 Å². The maximum Gasteiger partial charge on any atom is 0.322 e. The third-order valence-electron chi connectivity index (χ3n) is 4.79. The van der Waals surface area contributed by atoms with E-state index in [2.05, 4.69) is 22.7 Å². The molecule has 0 bridgehead atoms. The van der Waals surface area contributed by atoms with Gasteiger partial charge in [-0.3, -0.25) is 4.68 Å². The normalized spacial score (nSPS) is 25.5. The number of aryl methyl sites for hydroxylation is 2. The average Bonchev–Trinajstić information content (AvgIpc) is 2.96. The van der Waals surface area contributed by atoms with Crippen molar-refractivity contribution in [1.82, 2.24) is 20.0 Å². The number of aromatic nitrogens is 2. The van der Waals surface area contributed by atoms with Gasteiger partial charge in [0, 0.05) is 25.7 Å². The van der Waals surface area contributed by atoms with E-state index in [1.54, 1.807) is 4.90 Å². The molecule has 2 atom stereocenters. The molecule has 2 aliphatic rings. The highest BCUT2D eigenvalue weighted by Crippen LogP contribution is 2.24. The van der Waals surface area contributed by atoms with Crippen LogP contribution in [0, 0.1) is 13.8 Å². The van der Waals surface area contributed by atoms with E-state index >= 15 is 0 Å². The number of rotatable bonds is 3. The molecule has 134 valence electrons. The van der Waals surface area contributed by atoms with Crippen LogP contribution >= 0.6 is 0 Å². The smallest absolute Gasteiger partial charge is 0.318 e. The number of hydrogen-bond donors (Lipinski definition) is 2. The summed E-state index contributed by atoms with van der Waals surface area (Å²) in [6, 6.07) is -0.708. The highest BCUT2D eigenvalue weighted by molar-refractivity contribution is 7.91. The molecule has 9 heteroatoms. The third kappa shape index (κ3) is 3.14. The molecule has 3 rings (SSSR count). The van der Waals surface area contributed by atoms with E-state index in [4.69, 9.17) is 0 Å². The van der Waals surface area contributed by atoms with Crippen LogP contribution in [0.3, 0.4) is 0 Å². The molecule has 24 heavy (non-hydrogen) atoms. The number of nitrogens with zero attached hydrogens (tertiary/aromatic N) is 3. The van der Waals surface area contributed by atoms with Gasteiger partial charge in [-0.05, 0) is 20.3 Å². The van der Waals surface area contributed by atoms with Crippen LogP contribution in [0.15, 0.2) is 0 Å². The number of sulfone groups is 1. The highest BCUT2D eigenvalue weighted by atomic mass is 32.2. The first kappa shape index (κ1) is 17.2. The van der Waals surface area contributed by atoms with Crippen molar-refractivity contribution in [3.8, 4) is 0 Å². The zero-order chi connectivity index (χ0) is 17.5. The number of carbonyl (C=O) groups excluding carboxylic acids is 1. The van der Waals surface area contributed by atoms with Crippen molar-refractivity contribution in [2.75, 3.05) is 29.9 Å². The number of hydrogen-bond acceptors (Lipinski definition) is 5. The summed E-state index contributed by atoms with van der Waals surface area (Å²) in [7, 11) is -3.09. The van der Waals surface area contributed by atoms with Gasteiger partial charge in [0.2, 0.25) is 0 Å². The minimum Gasteiger partial charge on any atom is -0.318 e. The van der Waals surface area contributed by atoms with Gasteiger partial charge < -0.3 is 15.5 Å². The minimum atomic E-state index is -3.09. The summed E-state index contributed by atoms with van der Waals surface area (Å²) in [4.78, 5) is 14.4. The lowest BCUT2D eigenvalue weighted by Crippen LogP contribution is -2.59. The number of fused-ring (bicyclic) bond motifs is 1. The van der Waals surface area contributed by atoms with Crippen LogP contribution in [0.25, 0.3) is 0 Å². The Morgan fingerprint density at radius 3 is 2.83 bits per heavy atom. The molecule has 0 spiro atoms. The monoisotopic (exact) mass is 355 g/mol. The van der Waals surface area contributed by atoms with Crippen molar-refractivity contribution in [2.45, 2.75) is 45.8 Å². The first-order chi connectivity index (χ1) is 11.3. The summed E-state index contributed by atoms with van der Waals surface area (Å²) >= 11 is 0. The van der Waals surface area contributed by atoms with Gasteiger partial charge in [-0.1, -0.05) is 6.92 Å². The first-order valence-corrected chi connectivity index (χ1v) is 10.2. The largest absolute Gasteiger partial charge is 0.322 e. The van der Waals surface area contributed by atoms with Crippen LogP contribution in [0.4, 0.5) is 10.5 Å². The molecule has 2 amide bonds. The summed E-state index contributed by atoms with van der Waals surface area (Å²) in [5, 5.41) is 10.6. The zero-order valence-electron chi connectivity index (χ0n) is 14.4. The Balaban J connectivity index is 1.78. The van der Waals surface area contributed by atoms with Gasteiger partial charge in [0.15, 0.2) is 9.84 Å². The van der Waals surface area contributed by atoms with Crippen molar-refractivity contribution < 1.29 is 13.2 Å². The molecule has 0 aliphatic carbocycles. The third-order valence-corrected chi connectivity index (χ3v) is 6.51. The number of urea groups is 1. The average molecular weight is 355 g/mol. The van der Waals surface area contributed by atoms with Crippen molar-refractivity contribution in [3.05, 3.63) is 11.4 Å². The SMILES string of the molecule is CCCn1nc(C)c(NC(=O)N2CCN[C@H]3CS(=O)(=O)C[C@H]32)c1C. The quantitative estimate of drug-likeness (QED) is 0.824. The maximum absolute atomic E-state index is 12.7. The van der Waals surface area contributed by atoms with E-state index in [9.17, 15) is 13.2 Å². The fourth-order valence-electron chi connectivity index (χ4n) is 3.61. The summed E-state index contributed by atoms with van der Waals surface area (Å²) in [6.45, 7) is 7.80. The topological polar surface area (TPSA) is 96.3 Å². The van der Waals surface area contributed by atoms with Crippen molar-refractivity contribution in [1.29, 1.82) is 0 Å². The van der Waals surface area contributed by atoms with Crippen LogP contribution in [-0.4, -0.2) is 65.8 Å². The molecule has 8 nitrogen and oxygen atoms in total. The second-order valence-electron chi connectivity index (χ2n) is 6.60. The van der Waals surface area contributed by atoms with Crippen molar-refractivity contribution >= 4 is 21.6 Å². The molecule has 0 unspecified atom stereocenters. The fraction of sp³-hybridized carbons (Fsp3) is 0.733. The molecular formula is C15H25N5O3S. The Kier molecular flexibility index (Phi) is 4.56. The highest BCUT2D eigenvalue weighted by Gasteiger charge is 2.44. The Morgan fingerprint density at radius 2 is 2.12 bits per heavy atom. The van der Waals surface area contributed by atoms with E-state index < -0.39 is 9.84 Å². The molecule has 1 aromatic rings. The van der Waals surface area contributed by atoms with Gasteiger partial charge in [-0.2, -0.15) is 5.10 Å². The number of nitrogens with one attached hydrogen (secondary N) is 2. The van der Waals surface area contributed by atoms with E-state index in [1.165, 1.54) is 0 Å². The maximum atomic E-state index is 12.7. The molecule has 0 radical (unpaired) electrons. The van der Waals surface area contributed by atoms with E-state index in [-0.39, 0.29) is 29.6 Å². The second kappa shape index (κ2) is 6.36. The predicted octanol–water partition coefficient (Wildman–Crippen LogP) is 0.513. The van der Waals surface area contributed by atoms with E-state index in [1.807, 2.05) is 18.5 Å². The molecular weight excluding hydrogens is 330 g/mol. The van der Waals surface area contributed by atoms with Gasteiger partial charge >= 0.3 is 6.03 Å². The van der Waals surface area contributed by atoms with Crippen LogP contribution in [0.1, 0.15) is 24.7 Å². The molecule has 2 N–H and O–H groups in total. The van der Waals surface area contributed by atoms with Gasteiger partial charge in [0.1, 0.15) is 0 Å². The lowest BCUT2D eigenvalue weighted by molar-refractivity contribution is 0.163. The Hall–Kier alpha value is -1.61. The minimum absolute atomic E-state index is 0.0329. The molecule has 2 saturated heterocycles. The number of amides is 2. The lowest BCUT2D eigenvalue weighted by atomic mass is 10.1. The molecule has 2 fully saturated rings. The zero-order valence-corrected chi connectivity index (χ0v) is 15.2. The molecule has 2 aliphatic heterocycles.